The van der Waals surface area contributed by atoms with E-state index in [1.807, 2.05) is 24.3 Å². The Labute approximate surface area is 143 Å². The summed E-state index contributed by atoms with van der Waals surface area (Å²) in [4.78, 5) is 2.09. The summed E-state index contributed by atoms with van der Waals surface area (Å²) < 4.78 is 10.8. The van der Waals surface area contributed by atoms with Crippen LogP contribution in [0, 0.1) is 0 Å². The number of ether oxygens (including phenoxy) is 1. The molecule has 4 nitrogen and oxygen atoms in total. The van der Waals surface area contributed by atoms with Crippen LogP contribution < -0.4 is 5.32 Å². The van der Waals surface area contributed by atoms with E-state index in [9.17, 15) is 0 Å². The van der Waals surface area contributed by atoms with Gasteiger partial charge in [0.2, 0.25) is 0 Å². The average molecular weight is 332 g/mol. The summed E-state index contributed by atoms with van der Waals surface area (Å²) in [6.45, 7) is 5.51. The van der Waals surface area contributed by atoms with Gasteiger partial charge in [0, 0.05) is 19.3 Å². The number of nitrogens with zero attached hydrogens (tertiary/aromatic N) is 1. The van der Waals surface area contributed by atoms with E-state index in [1.54, 1.807) is 13.4 Å². The molecule has 0 amide bonds. The smallest absolute Gasteiger partial charge is 0.174 e. The van der Waals surface area contributed by atoms with Crippen molar-refractivity contribution < 1.29 is 9.15 Å². The van der Waals surface area contributed by atoms with E-state index >= 15 is 0 Å². The van der Waals surface area contributed by atoms with Crippen LogP contribution >= 0.6 is 12.2 Å². The van der Waals surface area contributed by atoms with Crippen LogP contribution in [0.2, 0.25) is 0 Å². The van der Waals surface area contributed by atoms with E-state index in [2.05, 4.69) is 36.2 Å². The normalized spacial score (nSPS) is 12.0. The summed E-state index contributed by atoms with van der Waals surface area (Å²) in [6, 6.07) is 12.1. The quantitative estimate of drug-likeness (QED) is 0.767. The average Bonchev–Trinajstić information content (AvgIpc) is 3.10. The van der Waals surface area contributed by atoms with E-state index < -0.39 is 0 Å². The van der Waals surface area contributed by atoms with Crippen molar-refractivity contribution in [1.82, 2.24) is 4.90 Å². The molecule has 1 aromatic heterocycles. The molecule has 0 saturated carbocycles. The molecule has 2 rings (SSSR count). The lowest BCUT2D eigenvalue weighted by Crippen LogP contribution is -2.39. The SMILES string of the molecule is CCc1ccccc1NC(=S)N(CCOC)[C@@H](C)c1ccco1. The van der Waals surface area contributed by atoms with Gasteiger partial charge in [-0.3, -0.25) is 0 Å². The second-order valence-electron chi connectivity index (χ2n) is 5.32. The molecular weight excluding hydrogens is 308 g/mol. The van der Waals surface area contributed by atoms with E-state index in [0.717, 1.165) is 17.9 Å². The summed E-state index contributed by atoms with van der Waals surface area (Å²) in [5.74, 6) is 0.883. The van der Waals surface area contributed by atoms with Gasteiger partial charge in [0.25, 0.3) is 0 Å². The number of rotatable bonds is 7. The van der Waals surface area contributed by atoms with Gasteiger partial charge < -0.3 is 19.4 Å². The molecule has 0 saturated heterocycles. The fourth-order valence-electron chi connectivity index (χ4n) is 2.48. The van der Waals surface area contributed by atoms with Gasteiger partial charge in [-0.1, -0.05) is 25.1 Å². The zero-order valence-electron chi connectivity index (χ0n) is 13.9. The summed E-state index contributed by atoms with van der Waals surface area (Å²) >= 11 is 5.65. The highest BCUT2D eigenvalue weighted by molar-refractivity contribution is 7.80. The third-order valence-corrected chi connectivity index (χ3v) is 4.20. The van der Waals surface area contributed by atoms with E-state index in [-0.39, 0.29) is 6.04 Å². The van der Waals surface area contributed by atoms with Crippen molar-refractivity contribution in [1.29, 1.82) is 0 Å². The minimum Gasteiger partial charge on any atom is -0.467 e. The molecule has 0 radical (unpaired) electrons. The highest BCUT2D eigenvalue weighted by Crippen LogP contribution is 2.23. The highest BCUT2D eigenvalue weighted by Gasteiger charge is 2.21. The van der Waals surface area contributed by atoms with Crippen LogP contribution in [-0.2, 0) is 11.2 Å². The van der Waals surface area contributed by atoms with Crippen LogP contribution in [0.15, 0.2) is 47.1 Å². The van der Waals surface area contributed by atoms with Crippen molar-refractivity contribution in [3.8, 4) is 0 Å². The van der Waals surface area contributed by atoms with E-state index in [0.29, 0.717) is 18.3 Å². The number of nitrogens with one attached hydrogen (secondary N) is 1. The first-order valence-corrected chi connectivity index (χ1v) is 8.26. The molecule has 0 aliphatic carbocycles. The van der Waals surface area contributed by atoms with Crippen molar-refractivity contribution in [2.75, 3.05) is 25.6 Å². The third kappa shape index (κ3) is 4.56. The first kappa shape index (κ1) is 17.5. The Morgan fingerprint density at radius 2 is 2.09 bits per heavy atom. The number of methoxy groups -OCH3 is 1. The monoisotopic (exact) mass is 332 g/mol. The molecular formula is C18H24N2O2S. The zero-order valence-corrected chi connectivity index (χ0v) is 14.7. The number of hydrogen-bond acceptors (Lipinski definition) is 3. The largest absolute Gasteiger partial charge is 0.467 e. The van der Waals surface area contributed by atoms with Gasteiger partial charge in [-0.2, -0.15) is 0 Å². The molecule has 23 heavy (non-hydrogen) atoms. The van der Waals surface area contributed by atoms with Gasteiger partial charge in [-0.25, -0.2) is 0 Å². The van der Waals surface area contributed by atoms with Gasteiger partial charge in [0.15, 0.2) is 5.11 Å². The Bertz CT molecular complexity index is 613. The third-order valence-electron chi connectivity index (χ3n) is 3.86. The predicted molar refractivity (Wildman–Crippen MR) is 97.7 cm³/mol. The maximum absolute atomic E-state index is 5.65. The Kier molecular flexibility index (Phi) is 6.62. The Balaban J connectivity index is 2.16. The standard InChI is InChI=1S/C18H24N2O2S/c1-4-15-8-5-6-9-16(15)19-18(23)20(11-13-21-3)14(2)17-10-7-12-22-17/h5-10,12,14H,4,11,13H2,1-3H3,(H,19,23)/t14-/m0/s1. The van der Waals surface area contributed by atoms with Crippen LogP contribution in [0.25, 0.3) is 0 Å². The molecule has 0 unspecified atom stereocenters. The maximum Gasteiger partial charge on any atom is 0.174 e. The molecule has 0 fully saturated rings. The van der Waals surface area contributed by atoms with Crippen LogP contribution in [0.5, 0.6) is 0 Å². The van der Waals surface area contributed by atoms with Gasteiger partial charge in [0.05, 0.1) is 18.9 Å². The van der Waals surface area contributed by atoms with Gasteiger partial charge in [-0.05, 0) is 49.3 Å². The topological polar surface area (TPSA) is 37.6 Å². The minimum absolute atomic E-state index is 0.0361. The van der Waals surface area contributed by atoms with Crippen LogP contribution in [0.1, 0.15) is 31.2 Å². The zero-order chi connectivity index (χ0) is 16.7. The maximum atomic E-state index is 5.65. The molecule has 0 aliphatic heterocycles. The second kappa shape index (κ2) is 8.70. The van der Waals surface area contributed by atoms with Crippen LogP contribution in [0.4, 0.5) is 5.69 Å². The first-order chi connectivity index (χ1) is 11.2. The summed E-state index contributed by atoms with van der Waals surface area (Å²) in [7, 11) is 1.69. The molecule has 1 N–H and O–H groups in total. The number of furan rings is 1. The number of benzene rings is 1. The fraction of sp³-hybridized carbons (Fsp3) is 0.389. The molecule has 1 aromatic carbocycles. The Morgan fingerprint density at radius 3 is 2.74 bits per heavy atom. The number of aryl methyl sites for hydroxylation is 1. The molecule has 0 aliphatic rings. The number of thiocarbonyl (C=S) groups is 1. The summed E-state index contributed by atoms with van der Waals surface area (Å²) in [5.41, 5.74) is 2.29. The molecule has 2 aromatic rings. The number of hydrogen-bond donors (Lipinski definition) is 1. The molecule has 0 bridgehead atoms. The molecule has 5 heteroatoms. The van der Waals surface area contributed by atoms with Crippen molar-refractivity contribution in [2.45, 2.75) is 26.3 Å². The highest BCUT2D eigenvalue weighted by atomic mass is 32.1. The summed E-state index contributed by atoms with van der Waals surface area (Å²) in [5, 5.41) is 4.05. The van der Waals surface area contributed by atoms with Crippen molar-refractivity contribution >= 4 is 23.0 Å². The first-order valence-electron chi connectivity index (χ1n) is 7.85. The molecule has 1 heterocycles. The minimum atomic E-state index is 0.0361. The molecule has 124 valence electrons. The molecule has 1 atom stereocenters. The second-order valence-corrected chi connectivity index (χ2v) is 5.71. The van der Waals surface area contributed by atoms with Gasteiger partial charge in [-0.15, -0.1) is 0 Å². The van der Waals surface area contributed by atoms with E-state index in [1.165, 1.54) is 5.56 Å². The lowest BCUT2D eigenvalue weighted by atomic mass is 10.1. The van der Waals surface area contributed by atoms with Gasteiger partial charge in [0.1, 0.15) is 5.76 Å². The summed E-state index contributed by atoms with van der Waals surface area (Å²) in [6.07, 6.45) is 2.64. The lowest BCUT2D eigenvalue weighted by Gasteiger charge is -2.31. The van der Waals surface area contributed by atoms with Crippen molar-refractivity contribution in [3.05, 3.63) is 54.0 Å². The Hall–Kier alpha value is -1.85. The van der Waals surface area contributed by atoms with Crippen molar-refractivity contribution in [2.24, 2.45) is 0 Å². The fourth-order valence-corrected chi connectivity index (χ4v) is 2.84. The predicted octanol–water partition coefficient (Wildman–Crippen LogP) is 4.25. The van der Waals surface area contributed by atoms with Crippen LogP contribution in [-0.4, -0.2) is 30.3 Å². The van der Waals surface area contributed by atoms with Gasteiger partial charge >= 0.3 is 0 Å². The lowest BCUT2D eigenvalue weighted by molar-refractivity contribution is 0.160. The number of para-hydroxylation sites is 1. The van der Waals surface area contributed by atoms with E-state index in [4.69, 9.17) is 21.4 Å². The van der Waals surface area contributed by atoms with Crippen molar-refractivity contribution in [3.63, 3.8) is 0 Å². The Morgan fingerprint density at radius 1 is 1.30 bits per heavy atom. The molecule has 0 spiro atoms. The number of anilines is 1. The van der Waals surface area contributed by atoms with Crippen LogP contribution in [0.3, 0.4) is 0 Å².